The predicted molar refractivity (Wildman–Crippen MR) is 59.5 cm³/mol. The molecule has 3 N–H and O–H groups in total. The lowest BCUT2D eigenvalue weighted by atomic mass is 10.3. The summed E-state index contributed by atoms with van der Waals surface area (Å²) < 4.78 is 54.3. The molecule has 0 saturated carbocycles. The SMILES string of the molecule is COCC(C)S(=O)(=O)NCC(F)(F)CN.Cl. The number of ether oxygens (including phenoxy) is 1. The van der Waals surface area contributed by atoms with Gasteiger partial charge in [-0.2, -0.15) is 0 Å². The summed E-state index contributed by atoms with van der Waals surface area (Å²) in [6, 6.07) is 0. The molecule has 0 bridgehead atoms. The zero-order valence-corrected chi connectivity index (χ0v) is 10.7. The van der Waals surface area contributed by atoms with Gasteiger partial charge in [0.25, 0.3) is 5.92 Å². The lowest BCUT2D eigenvalue weighted by Gasteiger charge is -2.17. The third kappa shape index (κ3) is 6.54. The second-order valence-corrected chi connectivity index (χ2v) is 5.38. The zero-order chi connectivity index (χ0) is 12.1. The van der Waals surface area contributed by atoms with E-state index in [1.807, 2.05) is 0 Å². The number of methoxy groups -OCH3 is 1. The van der Waals surface area contributed by atoms with Gasteiger partial charge in [-0.15, -0.1) is 12.4 Å². The Morgan fingerprint density at radius 2 is 2.00 bits per heavy atom. The van der Waals surface area contributed by atoms with Crippen LogP contribution in [0.15, 0.2) is 0 Å². The lowest BCUT2D eigenvalue weighted by molar-refractivity contribution is 0.0169. The van der Waals surface area contributed by atoms with E-state index in [0.29, 0.717) is 0 Å². The standard InChI is InChI=1S/C7H16F2N2O3S.ClH/c1-6(3-14-2)15(12,13)11-5-7(8,9)4-10;/h6,11H,3-5,10H2,1-2H3;1H. The summed E-state index contributed by atoms with van der Waals surface area (Å²) >= 11 is 0. The molecule has 0 saturated heterocycles. The fraction of sp³-hybridized carbons (Fsp3) is 1.00. The summed E-state index contributed by atoms with van der Waals surface area (Å²) in [6.45, 7) is -0.565. The fourth-order valence-corrected chi connectivity index (χ4v) is 1.76. The van der Waals surface area contributed by atoms with Crippen LogP contribution < -0.4 is 10.5 Å². The number of halogens is 3. The molecular formula is C7H17ClF2N2O3S. The maximum absolute atomic E-state index is 12.6. The van der Waals surface area contributed by atoms with Gasteiger partial charge in [-0.3, -0.25) is 0 Å². The Labute approximate surface area is 100 Å². The van der Waals surface area contributed by atoms with Gasteiger partial charge in [0.2, 0.25) is 10.0 Å². The molecule has 0 aliphatic rings. The summed E-state index contributed by atoms with van der Waals surface area (Å²) in [7, 11) is -2.44. The second kappa shape index (κ2) is 7.33. The molecule has 0 radical (unpaired) electrons. The highest BCUT2D eigenvalue weighted by molar-refractivity contribution is 7.90. The van der Waals surface area contributed by atoms with Gasteiger partial charge in [0, 0.05) is 7.11 Å². The van der Waals surface area contributed by atoms with E-state index in [-0.39, 0.29) is 19.0 Å². The van der Waals surface area contributed by atoms with Crippen molar-refractivity contribution in [1.29, 1.82) is 0 Å². The largest absolute Gasteiger partial charge is 0.383 e. The molecule has 16 heavy (non-hydrogen) atoms. The minimum absolute atomic E-state index is 0. The first-order valence-corrected chi connectivity index (χ1v) is 5.85. The van der Waals surface area contributed by atoms with Crippen molar-refractivity contribution in [2.75, 3.05) is 26.8 Å². The van der Waals surface area contributed by atoms with E-state index in [1.54, 1.807) is 4.72 Å². The Morgan fingerprint density at radius 1 is 1.50 bits per heavy atom. The lowest BCUT2D eigenvalue weighted by Crippen LogP contribution is -2.44. The maximum Gasteiger partial charge on any atom is 0.273 e. The van der Waals surface area contributed by atoms with Crippen LogP contribution in [-0.4, -0.2) is 46.4 Å². The van der Waals surface area contributed by atoms with Gasteiger partial charge in [0.1, 0.15) is 0 Å². The van der Waals surface area contributed by atoms with E-state index in [9.17, 15) is 17.2 Å². The van der Waals surface area contributed by atoms with Gasteiger partial charge in [0.05, 0.1) is 24.9 Å². The summed E-state index contributed by atoms with van der Waals surface area (Å²) in [6.07, 6.45) is 0. The first kappa shape index (κ1) is 18.3. The van der Waals surface area contributed by atoms with Crippen molar-refractivity contribution in [2.24, 2.45) is 5.73 Å². The molecule has 0 fully saturated rings. The number of nitrogens with one attached hydrogen (secondary N) is 1. The molecule has 100 valence electrons. The Kier molecular flexibility index (Phi) is 8.41. The first-order chi connectivity index (χ1) is 6.75. The van der Waals surface area contributed by atoms with Crippen molar-refractivity contribution in [3.8, 4) is 0 Å². The highest BCUT2D eigenvalue weighted by atomic mass is 35.5. The van der Waals surface area contributed by atoms with Gasteiger partial charge in [0.15, 0.2) is 0 Å². The Bertz CT molecular complexity index is 287. The van der Waals surface area contributed by atoms with Crippen molar-refractivity contribution in [3.63, 3.8) is 0 Å². The Hall–Kier alpha value is -0.0200. The zero-order valence-electron chi connectivity index (χ0n) is 9.07. The molecular weight excluding hydrogens is 266 g/mol. The van der Waals surface area contributed by atoms with Crippen LogP contribution in [0.4, 0.5) is 8.78 Å². The summed E-state index contributed by atoms with van der Waals surface area (Å²) in [5.74, 6) is -3.22. The number of hydrogen-bond acceptors (Lipinski definition) is 4. The molecule has 0 heterocycles. The van der Waals surface area contributed by atoms with E-state index < -0.39 is 34.3 Å². The van der Waals surface area contributed by atoms with Crippen molar-refractivity contribution >= 4 is 22.4 Å². The van der Waals surface area contributed by atoms with E-state index in [4.69, 9.17) is 5.73 Å². The van der Waals surface area contributed by atoms with Crippen LogP contribution in [0.25, 0.3) is 0 Å². The molecule has 1 atom stereocenters. The van der Waals surface area contributed by atoms with Crippen molar-refractivity contribution in [2.45, 2.75) is 18.1 Å². The third-order valence-corrected chi connectivity index (χ3v) is 3.50. The monoisotopic (exact) mass is 282 g/mol. The van der Waals surface area contributed by atoms with Crippen molar-refractivity contribution in [3.05, 3.63) is 0 Å². The minimum Gasteiger partial charge on any atom is -0.383 e. The molecule has 0 amide bonds. The average molecular weight is 283 g/mol. The highest BCUT2D eigenvalue weighted by Gasteiger charge is 2.30. The number of rotatable bonds is 7. The van der Waals surface area contributed by atoms with E-state index in [1.165, 1.54) is 14.0 Å². The molecule has 0 rings (SSSR count). The van der Waals surface area contributed by atoms with Gasteiger partial charge >= 0.3 is 0 Å². The molecule has 0 aromatic carbocycles. The molecule has 0 aliphatic heterocycles. The number of alkyl halides is 2. The van der Waals surface area contributed by atoms with E-state index in [0.717, 1.165) is 0 Å². The molecule has 9 heteroatoms. The summed E-state index contributed by atoms with van der Waals surface area (Å²) in [4.78, 5) is 0. The Balaban J connectivity index is 0. The molecule has 0 aromatic heterocycles. The van der Waals surface area contributed by atoms with Gasteiger partial charge in [-0.05, 0) is 6.92 Å². The van der Waals surface area contributed by atoms with E-state index >= 15 is 0 Å². The van der Waals surface area contributed by atoms with Gasteiger partial charge in [-0.1, -0.05) is 0 Å². The van der Waals surface area contributed by atoms with E-state index in [2.05, 4.69) is 4.74 Å². The van der Waals surface area contributed by atoms with Crippen LogP contribution >= 0.6 is 12.4 Å². The normalized spacial score (nSPS) is 14.3. The quantitative estimate of drug-likeness (QED) is 0.686. The third-order valence-electron chi connectivity index (χ3n) is 1.76. The van der Waals surface area contributed by atoms with Crippen LogP contribution in [0.2, 0.25) is 0 Å². The molecule has 0 aromatic rings. The smallest absolute Gasteiger partial charge is 0.273 e. The maximum atomic E-state index is 12.6. The first-order valence-electron chi connectivity index (χ1n) is 4.30. The summed E-state index contributed by atoms with van der Waals surface area (Å²) in [5, 5.41) is -0.879. The Morgan fingerprint density at radius 3 is 2.38 bits per heavy atom. The van der Waals surface area contributed by atoms with Crippen molar-refractivity contribution < 1.29 is 21.9 Å². The molecule has 5 nitrogen and oxygen atoms in total. The van der Waals surface area contributed by atoms with Crippen LogP contribution in [0.1, 0.15) is 6.92 Å². The van der Waals surface area contributed by atoms with Gasteiger partial charge in [-0.25, -0.2) is 21.9 Å². The van der Waals surface area contributed by atoms with Crippen LogP contribution in [0.5, 0.6) is 0 Å². The summed E-state index contributed by atoms with van der Waals surface area (Å²) in [5.41, 5.74) is 4.76. The van der Waals surface area contributed by atoms with Crippen LogP contribution in [0.3, 0.4) is 0 Å². The van der Waals surface area contributed by atoms with Gasteiger partial charge < -0.3 is 10.5 Å². The second-order valence-electron chi connectivity index (χ2n) is 3.19. The van der Waals surface area contributed by atoms with Crippen LogP contribution in [-0.2, 0) is 14.8 Å². The van der Waals surface area contributed by atoms with Crippen molar-refractivity contribution in [1.82, 2.24) is 4.72 Å². The average Bonchev–Trinajstić information content (AvgIpc) is 2.16. The fourth-order valence-electron chi connectivity index (χ4n) is 0.745. The predicted octanol–water partition coefficient (Wildman–Crippen LogP) is -0.0435. The minimum atomic E-state index is -3.78. The molecule has 1 unspecified atom stereocenters. The molecule has 0 aliphatic carbocycles. The number of sulfonamides is 1. The topological polar surface area (TPSA) is 81.4 Å². The number of hydrogen-bond donors (Lipinski definition) is 2. The highest BCUT2D eigenvalue weighted by Crippen LogP contribution is 2.10. The number of nitrogens with two attached hydrogens (primary N) is 1. The molecule has 0 spiro atoms. The van der Waals surface area contributed by atoms with Crippen LogP contribution in [0, 0.1) is 0 Å².